The third-order valence-corrected chi connectivity index (χ3v) is 12.5. The van der Waals surface area contributed by atoms with E-state index in [2.05, 4.69) is 35.7 Å². The zero-order valence-electron chi connectivity index (χ0n) is 35.6. The first-order valence-corrected chi connectivity index (χ1v) is 21.9. The number of piperidine rings is 1. The molecule has 1 aromatic carbocycles. The Labute approximate surface area is 363 Å². The maximum Gasteiger partial charge on any atom is 0.266 e. The van der Waals surface area contributed by atoms with E-state index in [1.165, 1.54) is 19.1 Å². The number of pyridine rings is 2. The molecule has 4 aliphatic rings. The summed E-state index contributed by atoms with van der Waals surface area (Å²) in [5.74, 6) is -2.06. The second-order valence-electron chi connectivity index (χ2n) is 16.6. The third-order valence-electron chi connectivity index (χ3n) is 12.5. The number of anilines is 3. The van der Waals surface area contributed by atoms with Gasteiger partial charge >= 0.3 is 0 Å². The van der Waals surface area contributed by atoms with Crippen molar-refractivity contribution in [2.45, 2.75) is 90.1 Å². The number of hydrogen-bond donors (Lipinski definition) is 3. The van der Waals surface area contributed by atoms with Crippen molar-refractivity contribution in [1.29, 1.82) is 0 Å². The van der Waals surface area contributed by atoms with E-state index in [4.69, 9.17) is 9.72 Å². The fourth-order valence-electron chi connectivity index (χ4n) is 9.14. The van der Waals surface area contributed by atoms with Gasteiger partial charge in [0.05, 0.1) is 28.6 Å². The number of ketones is 1. The first kappa shape index (κ1) is 43.1. The number of amides is 5. The van der Waals surface area contributed by atoms with Crippen LogP contribution < -0.4 is 31.1 Å². The maximum atomic E-state index is 13.6. The SMILES string of the molecule is CC(=O)c1c(C)c2cnc(Nc3ccc(N4CCN(CCCCCCNC(=O)COc5cccc6c5C(=O)N(C5CCC(=O)NC5=O)C6=O)CC4)cn3)nc2n(C2CCCC2)c1=O. The summed E-state index contributed by atoms with van der Waals surface area (Å²) in [5.41, 5.74) is 2.19. The lowest BCUT2D eigenvalue weighted by Crippen LogP contribution is -2.54. The highest BCUT2D eigenvalue weighted by Crippen LogP contribution is 2.34. The molecular formula is C45H52N10O8. The number of unbranched alkanes of at least 4 members (excludes halogenated alkanes) is 3. The highest BCUT2D eigenvalue weighted by molar-refractivity contribution is 6.24. The molecule has 63 heavy (non-hydrogen) atoms. The van der Waals surface area contributed by atoms with Crippen molar-refractivity contribution in [1.82, 2.24) is 40.0 Å². The number of aromatic nitrogens is 4. The van der Waals surface area contributed by atoms with Gasteiger partial charge in [0.25, 0.3) is 23.3 Å². The van der Waals surface area contributed by atoms with Crippen molar-refractivity contribution in [3.05, 3.63) is 75.3 Å². The molecule has 18 nitrogen and oxygen atoms in total. The minimum Gasteiger partial charge on any atom is -0.483 e. The van der Waals surface area contributed by atoms with Crippen LogP contribution in [0, 0.1) is 6.92 Å². The molecule has 3 N–H and O–H groups in total. The van der Waals surface area contributed by atoms with Crippen LogP contribution in [0.2, 0.25) is 0 Å². The van der Waals surface area contributed by atoms with Gasteiger partial charge in [0, 0.05) is 56.8 Å². The van der Waals surface area contributed by atoms with Gasteiger partial charge in [0.2, 0.25) is 17.8 Å². The maximum absolute atomic E-state index is 13.6. The van der Waals surface area contributed by atoms with Gasteiger partial charge in [-0.2, -0.15) is 4.98 Å². The van der Waals surface area contributed by atoms with Crippen LogP contribution in [0.3, 0.4) is 0 Å². The number of fused-ring (bicyclic) bond motifs is 2. The average Bonchev–Trinajstić information content (AvgIpc) is 3.89. The predicted molar refractivity (Wildman–Crippen MR) is 232 cm³/mol. The number of carbonyl (C=O) groups excluding carboxylic acids is 6. The Kier molecular flexibility index (Phi) is 12.9. The van der Waals surface area contributed by atoms with Crippen LogP contribution in [-0.2, 0) is 14.4 Å². The van der Waals surface area contributed by atoms with Gasteiger partial charge in [-0.05, 0) is 82.3 Å². The molecule has 6 heterocycles. The van der Waals surface area contributed by atoms with Crippen LogP contribution in [0.25, 0.3) is 11.0 Å². The van der Waals surface area contributed by atoms with E-state index in [0.717, 1.165) is 94.7 Å². The van der Waals surface area contributed by atoms with Crippen LogP contribution in [0.4, 0.5) is 17.5 Å². The molecule has 18 heteroatoms. The molecule has 3 fully saturated rings. The summed E-state index contributed by atoms with van der Waals surface area (Å²) < 4.78 is 7.38. The standard InChI is InChI=1S/C45H52N10O8/c1-27-32-25-48-45(51-40(32)54(29-10-5-6-11-29)43(61)38(27)28(2)56)49-35-16-14-30(24-47-35)53-22-20-52(21-23-53)19-8-4-3-7-18-46-37(58)26-63-34-13-9-12-31-39(34)44(62)55(42(31)60)33-15-17-36(57)50-41(33)59/h9,12-14,16,24-25,29,33H,3-8,10-11,15,17-23,26H2,1-2H3,(H,46,58)(H,50,57,59)(H,47,48,49,51). The summed E-state index contributed by atoms with van der Waals surface area (Å²) in [6.45, 7) is 7.99. The second-order valence-corrected chi connectivity index (χ2v) is 16.6. The highest BCUT2D eigenvalue weighted by atomic mass is 16.5. The number of benzene rings is 1. The Balaban J connectivity index is 0.733. The quantitative estimate of drug-likeness (QED) is 0.0829. The smallest absolute Gasteiger partial charge is 0.266 e. The lowest BCUT2D eigenvalue weighted by atomic mass is 10.0. The van der Waals surface area contributed by atoms with Crippen LogP contribution in [0.1, 0.15) is 114 Å². The van der Waals surface area contributed by atoms with Crippen molar-refractivity contribution in [3.8, 4) is 5.75 Å². The number of ether oxygens (including phenoxy) is 1. The van der Waals surface area contributed by atoms with Crippen molar-refractivity contribution >= 4 is 63.8 Å². The number of hydrogen-bond acceptors (Lipinski definition) is 14. The minimum absolute atomic E-state index is 0.00137. The average molecular weight is 861 g/mol. The Bertz CT molecular complexity index is 2510. The number of rotatable bonds is 16. The lowest BCUT2D eigenvalue weighted by Gasteiger charge is -2.36. The number of Topliss-reactive ketones (excluding diaryl/α,β-unsaturated/α-hetero) is 1. The molecule has 1 saturated carbocycles. The van der Waals surface area contributed by atoms with Gasteiger partial charge in [0.1, 0.15) is 23.3 Å². The van der Waals surface area contributed by atoms with E-state index in [1.807, 2.05) is 18.3 Å². The molecule has 3 aliphatic heterocycles. The molecule has 8 rings (SSSR count). The normalized spacial score (nSPS) is 18.2. The molecule has 1 aliphatic carbocycles. The van der Waals surface area contributed by atoms with E-state index in [9.17, 15) is 33.6 Å². The monoisotopic (exact) mass is 860 g/mol. The van der Waals surface area contributed by atoms with Crippen molar-refractivity contribution in [2.24, 2.45) is 0 Å². The summed E-state index contributed by atoms with van der Waals surface area (Å²) >= 11 is 0. The Morgan fingerprint density at radius 2 is 1.67 bits per heavy atom. The molecule has 2 saturated heterocycles. The summed E-state index contributed by atoms with van der Waals surface area (Å²) in [7, 11) is 0. The van der Waals surface area contributed by atoms with Crippen molar-refractivity contribution in [3.63, 3.8) is 0 Å². The minimum atomic E-state index is -1.09. The molecule has 1 unspecified atom stereocenters. The van der Waals surface area contributed by atoms with E-state index in [-0.39, 0.29) is 65.2 Å². The second kappa shape index (κ2) is 18.8. The van der Waals surface area contributed by atoms with Crippen LogP contribution in [-0.4, -0.2) is 117 Å². The highest BCUT2D eigenvalue weighted by Gasteiger charge is 2.46. The van der Waals surface area contributed by atoms with Crippen LogP contribution >= 0.6 is 0 Å². The summed E-state index contributed by atoms with van der Waals surface area (Å²) in [4.78, 5) is 108. The molecular weight excluding hydrogens is 809 g/mol. The number of carbonyl (C=O) groups is 6. The summed E-state index contributed by atoms with van der Waals surface area (Å²) in [6.07, 6.45) is 11.2. The van der Waals surface area contributed by atoms with Crippen LogP contribution in [0.15, 0.2) is 47.5 Å². The molecule has 0 radical (unpaired) electrons. The van der Waals surface area contributed by atoms with E-state index >= 15 is 0 Å². The number of piperazine rings is 1. The summed E-state index contributed by atoms with van der Waals surface area (Å²) in [5, 5.41) is 8.93. The first-order valence-electron chi connectivity index (χ1n) is 21.9. The Morgan fingerprint density at radius 1 is 0.889 bits per heavy atom. The molecule has 4 aromatic rings. The fourth-order valence-corrected chi connectivity index (χ4v) is 9.14. The molecule has 330 valence electrons. The Morgan fingerprint density at radius 3 is 2.40 bits per heavy atom. The third kappa shape index (κ3) is 9.16. The van der Waals surface area contributed by atoms with Crippen molar-refractivity contribution in [2.75, 3.05) is 56.1 Å². The van der Waals surface area contributed by atoms with Gasteiger partial charge in [-0.15, -0.1) is 0 Å². The molecule has 1 atom stereocenters. The van der Waals surface area contributed by atoms with Gasteiger partial charge in [-0.1, -0.05) is 31.7 Å². The molecule has 0 spiro atoms. The number of nitrogens with one attached hydrogen (secondary N) is 3. The van der Waals surface area contributed by atoms with Gasteiger partial charge < -0.3 is 20.3 Å². The topological polar surface area (TPSA) is 218 Å². The number of aryl methyl sites for hydroxylation is 1. The van der Waals surface area contributed by atoms with Gasteiger partial charge in [-0.25, -0.2) is 9.97 Å². The van der Waals surface area contributed by atoms with Crippen molar-refractivity contribution < 1.29 is 33.5 Å². The predicted octanol–water partition coefficient (Wildman–Crippen LogP) is 3.84. The van der Waals surface area contributed by atoms with E-state index in [1.54, 1.807) is 23.8 Å². The molecule has 0 bridgehead atoms. The van der Waals surface area contributed by atoms with Gasteiger partial charge in [0.15, 0.2) is 12.4 Å². The lowest BCUT2D eigenvalue weighted by molar-refractivity contribution is -0.136. The number of nitrogens with zero attached hydrogens (tertiary/aromatic N) is 7. The van der Waals surface area contributed by atoms with Crippen LogP contribution in [0.5, 0.6) is 5.75 Å². The number of imide groups is 2. The van der Waals surface area contributed by atoms with E-state index < -0.39 is 29.7 Å². The molecule has 3 aromatic heterocycles. The largest absolute Gasteiger partial charge is 0.483 e. The Hall–Kier alpha value is -6.56. The zero-order valence-corrected chi connectivity index (χ0v) is 35.6. The molecule has 5 amide bonds. The fraction of sp³-hybridized carbons (Fsp3) is 0.467. The summed E-state index contributed by atoms with van der Waals surface area (Å²) in [6, 6.07) is 7.38. The van der Waals surface area contributed by atoms with E-state index in [0.29, 0.717) is 34.9 Å². The van der Waals surface area contributed by atoms with Gasteiger partial charge in [-0.3, -0.25) is 53.2 Å². The first-order chi connectivity index (χ1) is 30.5. The zero-order chi connectivity index (χ0) is 44.2.